The Morgan fingerprint density at radius 2 is 1.20 bits per heavy atom. The fraction of sp³-hybridized carbons (Fsp3) is 0.516. The summed E-state index contributed by atoms with van der Waals surface area (Å²) in [6, 6.07) is 20.2. The molecule has 1 aliphatic carbocycles. The quantitative estimate of drug-likeness (QED) is 0.503. The van der Waals surface area contributed by atoms with Crippen LogP contribution in [0.3, 0.4) is 0 Å². The van der Waals surface area contributed by atoms with E-state index in [1.807, 2.05) is 53.1 Å². The van der Waals surface area contributed by atoms with Gasteiger partial charge in [-0.15, -0.1) is 0 Å². The molecular formula is C31H42N6O3. The van der Waals surface area contributed by atoms with Gasteiger partial charge in [0.25, 0.3) is 0 Å². The third-order valence-corrected chi connectivity index (χ3v) is 8.49. The highest BCUT2D eigenvalue weighted by molar-refractivity contribution is 5.92. The Morgan fingerprint density at radius 3 is 1.68 bits per heavy atom. The van der Waals surface area contributed by atoms with Gasteiger partial charge in [0.1, 0.15) is 5.54 Å². The van der Waals surface area contributed by atoms with E-state index in [4.69, 9.17) is 0 Å². The van der Waals surface area contributed by atoms with Crippen molar-refractivity contribution >= 4 is 17.8 Å². The number of amides is 4. The van der Waals surface area contributed by atoms with E-state index in [1.54, 1.807) is 0 Å². The molecule has 40 heavy (non-hydrogen) atoms. The van der Waals surface area contributed by atoms with E-state index in [-0.39, 0.29) is 24.3 Å². The Balaban J connectivity index is 1.06. The minimum absolute atomic E-state index is 0.0228. The monoisotopic (exact) mass is 546 g/mol. The topological polar surface area (TPSA) is 88.2 Å². The minimum Gasteiger partial charge on any atom is -0.339 e. The van der Waals surface area contributed by atoms with Crippen molar-refractivity contribution in [3.05, 3.63) is 71.8 Å². The minimum atomic E-state index is -0.961. The zero-order valence-corrected chi connectivity index (χ0v) is 23.6. The number of carbonyl (C=O) groups is 3. The summed E-state index contributed by atoms with van der Waals surface area (Å²) in [5, 5.41) is 5.69. The van der Waals surface area contributed by atoms with Gasteiger partial charge in [-0.3, -0.25) is 19.4 Å². The van der Waals surface area contributed by atoms with Gasteiger partial charge >= 0.3 is 6.03 Å². The zero-order valence-electron chi connectivity index (χ0n) is 23.6. The van der Waals surface area contributed by atoms with Crippen molar-refractivity contribution in [1.82, 2.24) is 30.2 Å². The first-order chi connectivity index (χ1) is 19.4. The molecule has 9 nitrogen and oxygen atoms in total. The predicted molar refractivity (Wildman–Crippen MR) is 154 cm³/mol. The molecule has 0 radical (unpaired) electrons. The fourth-order valence-electron chi connectivity index (χ4n) is 5.81. The Hall–Kier alpha value is -3.43. The lowest BCUT2D eigenvalue weighted by molar-refractivity contribution is -0.140. The second-order valence-corrected chi connectivity index (χ2v) is 11.5. The summed E-state index contributed by atoms with van der Waals surface area (Å²) in [6.07, 6.45) is 1.84. The summed E-state index contributed by atoms with van der Waals surface area (Å²) < 4.78 is 0. The van der Waals surface area contributed by atoms with Gasteiger partial charge in [-0.25, -0.2) is 4.79 Å². The summed E-state index contributed by atoms with van der Waals surface area (Å²) in [6.45, 7) is 9.32. The molecule has 0 aromatic heterocycles. The van der Waals surface area contributed by atoms with Gasteiger partial charge < -0.3 is 20.4 Å². The number of rotatable bonds is 9. The molecule has 2 saturated heterocycles. The van der Waals surface area contributed by atoms with Gasteiger partial charge in [-0.2, -0.15) is 0 Å². The molecule has 9 heteroatoms. The highest BCUT2D eigenvalue weighted by Gasteiger charge is 2.50. The number of nitrogens with one attached hydrogen (secondary N) is 2. The van der Waals surface area contributed by atoms with Crippen LogP contribution in [0, 0.1) is 5.92 Å². The van der Waals surface area contributed by atoms with Crippen molar-refractivity contribution in [3.63, 3.8) is 0 Å². The lowest BCUT2D eigenvalue weighted by Gasteiger charge is -2.40. The summed E-state index contributed by atoms with van der Waals surface area (Å²) >= 11 is 0. The highest BCUT2D eigenvalue weighted by atomic mass is 16.2. The number of urea groups is 1. The number of hydrogen-bond donors (Lipinski definition) is 2. The standard InChI is InChI=1S/C31H42N6O3/c1-31(27-12-13-27,29(39)37-20-16-35(17-21-37)24-26-10-6-3-7-11-26)33-30(40)32-22-28(38)36-18-14-34(15-19-36)23-25-8-4-2-5-9-25/h2-11,27H,12-24H2,1H3,(H2,32,33,40)/t31-/m1/s1. The Kier molecular flexibility index (Phi) is 9.01. The molecule has 1 saturated carbocycles. The second-order valence-electron chi connectivity index (χ2n) is 11.5. The molecule has 3 fully saturated rings. The van der Waals surface area contributed by atoms with Crippen molar-refractivity contribution in [2.75, 3.05) is 58.9 Å². The number of nitrogens with zero attached hydrogens (tertiary/aromatic N) is 4. The summed E-state index contributed by atoms with van der Waals surface area (Å²) in [7, 11) is 0. The SMILES string of the molecule is C[C@](NC(=O)NCC(=O)N1CCN(Cc2ccccc2)CC1)(C(=O)N1CCN(Cc2ccccc2)CC1)C1CC1. The van der Waals surface area contributed by atoms with E-state index >= 15 is 0 Å². The first-order valence-corrected chi connectivity index (χ1v) is 14.6. The van der Waals surface area contributed by atoms with Gasteiger partial charge in [0.05, 0.1) is 6.54 Å². The number of benzene rings is 2. The molecule has 2 N–H and O–H groups in total. The molecule has 2 aromatic rings. The van der Waals surface area contributed by atoms with E-state index < -0.39 is 11.6 Å². The van der Waals surface area contributed by atoms with Crippen LogP contribution in [0.15, 0.2) is 60.7 Å². The molecule has 0 bridgehead atoms. The molecule has 2 aromatic carbocycles. The average Bonchev–Trinajstić information content (AvgIpc) is 3.84. The molecule has 1 atom stereocenters. The molecule has 2 heterocycles. The fourth-order valence-corrected chi connectivity index (χ4v) is 5.81. The molecule has 4 amide bonds. The Labute approximate surface area is 237 Å². The first kappa shape index (κ1) is 28.1. The van der Waals surface area contributed by atoms with E-state index in [9.17, 15) is 14.4 Å². The average molecular weight is 547 g/mol. The van der Waals surface area contributed by atoms with Crippen LogP contribution in [0.4, 0.5) is 4.79 Å². The van der Waals surface area contributed by atoms with Gasteiger partial charge in [0.2, 0.25) is 11.8 Å². The largest absolute Gasteiger partial charge is 0.339 e. The van der Waals surface area contributed by atoms with E-state index in [1.165, 1.54) is 11.1 Å². The highest BCUT2D eigenvalue weighted by Crippen LogP contribution is 2.40. The van der Waals surface area contributed by atoms with Crippen LogP contribution in [0.5, 0.6) is 0 Å². The molecule has 0 unspecified atom stereocenters. The third-order valence-electron chi connectivity index (χ3n) is 8.49. The lowest BCUT2D eigenvalue weighted by Crippen LogP contribution is -2.63. The van der Waals surface area contributed by atoms with Crippen LogP contribution in [-0.4, -0.2) is 102 Å². The van der Waals surface area contributed by atoms with Crippen molar-refractivity contribution in [3.8, 4) is 0 Å². The molecular weight excluding hydrogens is 504 g/mol. The maximum absolute atomic E-state index is 13.6. The van der Waals surface area contributed by atoms with Crippen LogP contribution in [0.1, 0.15) is 30.9 Å². The van der Waals surface area contributed by atoms with Crippen molar-refractivity contribution in [2.24, 2.45) is 5.92 Å². The number of hydrogen-bond acceptors (Lipinski definition) is 5. The Morgan fingerprint density at radius 1 is 0.725 bits per heavy atom. The smallest absolute Gasteiger partial charge is 0.316 e. The molecule has 5 rings (SSSR count). The normalized spacial score (nSPS) is 20.0. The van der Waals surface area contributed by atoms with Crippen molar-refractivity contribution in [2.45, 2.75) is 38.4 Å². The van der Waals surface area contributed by atoms with Crippen LogP contribution in [0.2, 0.25) is 0 Å². The lowest BCUT2D eigenvalue weighted by atomic mass is 9.93. The van der Waals surface area contributed by atoms with E-state index in [0.29, 0.717) is 26.2 Å². The van der Waals surface area contributed by atoms with E-state index in [2.05, 4.69) is 44.7 Å². The van der Waals surface area contributed by atoms with Crippen LogP contribution >= 0.6 is 0 Å². The molecule has 0 spiro atoms. The summed E-state index contributed by atoms with van der Waals surface area (Å²) in [4.78, 5) is 47.7. The molecule has 2 aliphatic heterocycles. The predicted octanol–water partition coefficient (Wildman–Crippen LogP) is 2.14. The molecule has 3 aliphatic rings. The maximum atomic E-state index is 13.6. The second kappa shape index (κ2) is 12.8. The van der Waals surface area contributed by atoms with Gasteiger partial charge in [-0.1, -0.05) is 60.7 Å². The van der Waals surface area contributed by atoms with Gasteiger partial charge in [0, 0.05) is 65.4 Å². The van der Waals surface area contributed by atoms with Crippen LogP contribution in [-0.2, 0) is 22.7 Å². The summed E-state index contributed by atoms with van der Waals surface area (Å²) in [5.41, 5.74) is 1.58. The van der Waals surface area contributed by atoms with E-state index in [0.717, 1.165) is 52.1 Å². The number of piperazine rings is 2. The van der Waals surface area contributed by atoms with Crippen molar-refractivity contribution in [1.29, 1.82) is 0 Å². The zero-order chi connectivity index (χ0) is 28.0. The maximum Gasteiger partial charge on any atom is 0.316 e. The van der Waals surface area contributed by atoms with Gasteiger partial charge in [-0.05, 0) is 36.8 Å². The summed E-state index contributed by atoms with van der Waals surface area (Å²) in [5.74, 6) is 0.00960. The number of carbonyl (C=O) groups excluding carboxylic acids is 3. The first-order valence-electron chi connectivity index (χ1n) is 14.6. The van der Waals surface area contributed by atoms with Crippen molar-refractivity contribution < 1.29 is 14.4 Å². The third kappa shape index (κ3) is 7.20. The molecule has 214 valence electrons. The van der Waals surface area contributed by atoms with Crippen LogP contribution < -0.4 is 10.6 Å². The van der Waals surface area contributed by atoms with Crippen LogP contribution in [0.25, 0.3) is 0 Å². The Bertz CT molecular complexity index is 1140. The van der Waals surface area contributed by atoms with Gasteiger partial charge in [0.15, 0.2) is 0 Å².